The fourth-order valence-electron chi connectivity index (χ4n) is 2.60. The molecule has 2 N–H and O–H groups in total. The molecule has 3 rings (SSSR count). The highest BCUT2D eigenvalue weighted by Gasteiger charge is 2.21. The van der Waals surface area contributed by atoms with Crippen LogP contribution in [0, 0.1) is 0 Å². The van der Waals surface area contributed by atoms with Gasteiger partial charge < -0.3 is 10.4 Å². The van der Waals surface area contributed by atoms with E-state index in [1.54, 1.807) is 11.4 Å². The number of rotatable bonds is 7. The zero-order chi connectivity index (χ0) is 19.2. The van der Waals surface area contributed by atoms with Gasteiger partial charge in [0.2, 0.25) is 5.91 Å². The smallest absolute Gasteiger partial charge is 0.326 e. The topological polar surface area (TPSA) is 79.3 Å². The molecule has 0 aliphatic rings. The molecule has 0 radical (unpaired) electrons. The van der Waals surface area contributed by atoms with E-state index in [2.05, 4.69) is 10.3 Å². The number of nitrogens with zero attached hydrogens (tertiary/aromatic N) is 1. The van der Waals surface area contributed by atoms with Gasteiger partial charge in [0, 0.05) is 22.4 Å². The van der Waals surface area contributed by atoms with Gasteiger partial charge >= 0.3 is 5.97 Å². The second kappa shape index (κ2) is 8.79. The van der Waals surface area contributed by atoms with E-state index in [-0.39, 0.29) is 18.7 Å². The van der Waals surface area contributed by atoms with Crippen LogP contribution in [-0.2, 0) is 22.4 Å². The van der Waals surface area contributed by atoms with Crippen molar-refractivity contribution >= 4 is 34.8 Å². The molecule has 2 aromatic carbocycles. The van der Waals surface area contributed by atoms with Crippen LogP contribution in [0.1, 0.15) is 11.3 Å². The van der Waals surface area contributed by atoms with E-state index >= 15 is 0 Å². The SMILES string of the molecule is O=C(Cc1csc(-c2cccc(Cl)c2)n1)N[C@H](Cc1ccccc1)C(=O)O. The van der Waals surface area contributed by atoms with Crippen molar-refractivity contribution in [3.63, 3.8) is 0 Å². The number of aromatic nitrogens is 1. The maximum atomic E-state index is 12.3. The minimum Gasteiger partial charge on any atom is -0.480 e. The molecule has 5 nitrogen and oxygen atoms in total. The minimum absolute atomic E-state index is 0.0234. The molecular formula is C20H17ClN2O3S. The molecular weight excluding hydrogens is 384 g/mol. The van der Waals surface area contributed by atoms with E-state index in [9.17, 15) is 14.7 Å². The van der Waals surface area contributed by atoms with Crippen molar-refractivity contribution in [2.45, 2.75) is 18.9 Å². The van der Waals surface area contributed by atoms with Gasteiger partial charge in [0.25, 0.3) is 0 Å². The standard InChI is InChI=1S/C20H17ClN2O3S/c21-15-8-4-7-14(10-15)19-22-16(12-27-19)11-18(24)23-17(20(25)26)9-13-5-2-1-3-6-13/h1-8,10,12,17H,9,11H2,(H,23,24)(H,25,26)/t17-/m1/s1. The van der Waals surface area contributed by atoms with Gasteiger partial charge in [-0.3, -0.25) is 4.79 Å². The molecule has 0 aliphatic heterocycles. The normalized spacial score (nSPS) is 11.7. The lowest BCUT2D eigenvalue weighted by atomic mass is 10.1. The largest absolute Gasteiger partial charge is 0.480 e. The first kappa shape index (κ1) is 19.1. The molecule has 1 amide bonds. The summed E-state index contributed by atoms with van der Waals surface area (Å²) in [6, 6.07) is 15.5. The Morgan fingerprint density at radius 2 is 1.93 bits per heavy atom. The predicted molar refractivity (Wildman–Crippen MR) is 106 cm³/mol. The number of carbonyl (C=O) groups excluding carboxylic acids is 1. The number of benzene rings is 2. The Morgan fingerprint density at radius 1 is 1.15 bits per heavy atom. The second-order valence-corrected chi connectivity index (χ2v) is 7.27. The Hall–Kier alpha value is -2.70. The number of carboxylic acid groups (broad SMARTS) is 1. The van der Waals surface area contributed by atoms with Crippen LogP contribution < -0.4 is 5.32 Å². The van der Waals surface area contributed by atoms with Gasteiger partial charge in [-0.25, -0.2) is 9.78 Å². The highest BCUT2D eigenvalue weighted by atomic mass is 35.5. The van der Waals surface area contributed by atoms with Crippen LogP contribution >= 0.6 is 22.9 Å². The zero-order valence-electron chi connectivity index (χ0n) is 14.3. The van der Waals surface area contributed by atoms with Gasteiger partial charge in [0.05, 0.1) is 12.1 Å². The van der Waals surface area contributed by atoms with E-state index in [0.717, 1.165) is 16.1 Å². The van der Waals surface area contributed by atoms with Gasteiger partial charge in [-0.2, -0.15) is 0 Å². The molecule has 0 saturated heterocycles. The van der Waals surface area contributed by atoms with E-state index in [1.807, 2.05) is 48.5 Å². The Morgan fingerprint density at radius 3 is 2.63 bits per heavy atom. The van der Waals surface area contributed by atoms with E-state index < -0.39 is 12.0 Å². The molecule has 0 spiro atoms. The fourth-order valence-corrected chi connectivity index (χ4v) is 3.61. The van der Waals surface area contributed by atoms with Crippen molar-refractivity contribution in [2.24, 2.45) is 0 Å². The van der Waals surface area contributed by atoms with E-state index in [4.69, 9.17) is 11.6 Å². The Bertz CT molecular complexity index is 943. The number of hydrogen-bond donors (Lipinski definition) is 2. The molecule has 0 bridgehead atoms. The van der Waals surface area contributed by atoms with Crippen molar-refractivity contribution < 1.29 is 14.7 Å². The zero-order valence-corrected chi connectivity index (χ0v) is 15.8. The average molecular weight is 401 g/mol. The number of carboxylic acids is 1. The van der Waals surface area contributed by atoms with Gasteiger partial charge in [0.1, 0.15) is 11.0 Å². The Kier molecular flexibility index (Phi) is 6.21. The lowest BCUT2D eigenvalue weighted by Gasteiger charge is -2.14. The molecule has 0 aliphatic carbocycles. The Balaban J connectivity index is 1.63. The van der Waals surface area contributed by atoms with Crippen LogP contribution in [0.25, 0.3) is 10.6 Å². The summed E-state index contributed by atoms with van der Waals surface area (Å²) in [5, 5.41) is 15.1. The summed E-state index contributed by atoms with van der Waals surface area (Å²) in [7, 11) is 0. The number of hydrogen-bond acceptors (Lipinski definition) is 4. The second-order valence-electron chi connectivity index (χ2n) is 5.98. The van der Waals surface area contributed by atoms with Crippen molar-refractivity contribution in [1.82, 2.24) is 10.3 Å². The quantitative estimate of drug-likeness (QED) is 0.632. The summed E-state index contributed by atoms with van der Waals surface area (Å²) < 4.78 is 0. The molecule has 1 atom stereocenters. The van der Waals surface area contributed by atoms with Crippen LogP contribution in [0.5, 0.6) is 0 Å². The highest BCUT2D eigenvalue weighted by molar-refractivity contribution is 7.13. The van der Waals surface area contributed by atoms with Crippen LogP contribution in [0.2, 0.25) is 5.02 Å². The third-order valence-electron chi connectivity index (χ3n) is 3.88. The van der Waals surface area contributed by atoms with E-state index in [1.165, 1.54) is 11.3 Å². The number of carbonyl (C=O) groups is 2. The molecule has 7 heteroatoms. The van der Waals surface area contributed by atoms with Crippen molar-refractivity contribution in [3.8, 4) is 10.6 Å². The highest BCUT2D eigenvalue weighted by Crippen LogP contribution is 2.26. The number of aliphatic carboxylic acids is 1. The first-order valence-electron chi connectivity index (χ1n) is 8.27. The van der Waals surface area contributed by atoms with Gasteiger partial charge in [-0.15, -0.1) is 11.3 Å². The summed E-state index contributed by atoms with van der Waals surface area (Å²) in [6.45, 7) is 0. The van der Waals surface area contributed by atoms with E-state index in [0.29, 0.717) is 10.7 Å². The maximum Gasteiger partial charge on any atom is 0.326 e. The summed E-state index contributed by atoms with van der Waals surface area (Å²) in [5.74, 6) is -1.44. The van der Waals surface area contributed by atoms with Crippen molar-refractivity contribution in [1.29, 1.82) is 0 Å². The number of thiazole rings is 1. The summed E-state index contributed by atoms with van der Waals surface area (Å²) in [6.07, 6.45) is 0.252. The minimum atomic E-state index is -1.06. The fraction of sp³-hybridized carbons (Fsp3) is 0.150. The first-order valence-corrected chi connectivity index (χ1v) is 9.53. The van der Waals surface area contributed by atoms with Crippen molar-refractivity contribution in [2.75, 3.05) is 0 Å². The third-order valence-corrected chi connectivity index (χ3v) is 5.06. The maximum absolute atomic E-state index is 12.3. The molecule has 0 unspecified atom stereocenters. The molecule has 1 heterocycles. The molecule has 27 heavy (non-hydrogen) atoms. The van der Waals surface area contributed by atoms with Gasteiger partial charge in [-0.1, -0.05) is 54.1 Å². The number of halogens is 1. The molecule has 1 aromatic heterocycles. The number of amides is 1. The molecule has 138 valence electrons. The predicted octanol–water partition coefficient (Wildman–Crippen LogP) is 3.82. The Labute approximate surface area is 165 Å². The lowest BCUT2D eigenvalue weighted by Crippen LogP contribution is -2.43. The first-order chi connectivity index (χ1) is 13.0. The third kappa shape index (κ3) is 5.39. The summed E-state index contributed by atoms with van der Waals surface area (Å²) in [5.41, 5.74) is 2.32. The summed E-state index contributed by atoms with van der Waals surface area (Å²) in [4.78, 5) is 28.2. The van der Waals surface area contributed by atoms with Crippen LogP contribution in [-0.4, -0.2) is 28.0 Å². The summed E-state index contributed by atoms with van der Waals surface area (Å²) >= 11 is 7.41. The van der Waals surface area contributed by atoms with Gasteiger partial charge in [0.15, 0.2) is 0 Å². The van der Waals surface area contributed by atoms with Crippen LogP contribution in [0.4, 0.5) is 0 Å². The van der Waals surface area contributed by atoms with Crippen LogP contribution in [0.3, 0.4) is 0 Å². The van der Waals surface area contributed by atoms with Crippen LogP contribution in [0.15, 0.2) is 60.0 Å². The average Bonchev–Trinajstić information content (AvgIpc) is 3.10. The monoisotopic (exact) mass is 400 g/mol. The molecule has 3 aromatic rings. The molecule has 0 fully saturated rings. The number of nitrogens with one attached hydrogen (secondary N) is 1. The van der Waals surface area contributed by atoms with Gasteiger partial charge in [-0.05, 0) is 17.7 Å². The molecule has 0 saturated carbocycles. The lowest BCUT2D eigenvalue weighted by molar-refractivity contribution is -0.141. The van der Waals surface area contributed by atoms with Crippen molar-refractivity contribution in [3.05, 3.63) is 76.3 Å².